The SMILES string of the molecule is NC(=S)C(NS(=O)(=O)c1cnc[nH]1)C1CCCCC1. The molecule has 0 amide bonds. The van der Waals surface area contributed by atoms with Crippen molar-refractivity contribution in [3.05, 3.63) is 12.5 Å². The Hall–Kier alpha value is -0.990. The van der Waals surface area contributed by atoms with Crippen molar-refractivity contribution in [3.63, 3.8) is 0 Å². The molecule has 1 unspecified atom stereocenters. The zero-order valence-corrected chi connectivity index (χ0v) is 12.1. The van der Waals surface area contributed by atoms with Gasteiger partial charge in [-0.1, -0.05) is 31.5 Å². The zero-order chi connectivity index (χ0) is 13.9. The number of aromatic amines is 1. The third-order valence-corrected chi connectivity index (χ3v) is 5.09. The highest BCUT2D eigenvalue weighted by atomic mass is 32.2. The first-order valence-electron chi connectivity index (χ1n) is 6.31. The first-order valence-corrected chi connectivity index (χ1v) is 8.20. The van der Waals surface area contributed by atoms with Gasteiger partial charge in [0, 0.05) is 0 Å². The minimum atomic E-state index is -3.65. The molecule has 0 aromatic carbocycles. The van der Waals surface area contributed by atoms with Gasteiger partial charge in [-0.05, 0) is 18.8 Å². The van der Waals surface area contributed by atoms with Crippen molar-refractivity contribution in [2.75, 3.05) is 0 Å². The summed E-state index contributed by atoms with van der Waals surface area (Å²) in [5, 5.41) is 0.0320. The number of nitrogens with two attached hydrogens (primary N) is 1. The fraction of sp³-hybridized carbons (Fsp3) is 0.636. The molecule has 0 spiro atoms. The number of H-pyrrole nitrogens is 1. The summed E-state index contributed by atoms with van der Waals surface area (Å²) in [5.41, 5.74) is 5.71. The second-order valence-corrected chi connectivity index (χ2v) is 6.97. The third-order valence-electron chi connectivity index (χ3n) is 3.47. The fourth-order valence-corrected chi connectivity index (χ4v) is 3.99. The van der Waals surface area contributed by atoms with Crippen molar-refractivity contribution in [1.82, 2.24) is 14.7 Å². The predicted octanol–water partition coefficient (Wildman–Crippen LogP) is 0.923. The summed E-state index contributed by atoms with van der Waals surface area (Å²) in [7, 11) is -3.65. The molecule has 1 atom stereocenters. The van der Waals surface area contributed by atoms with Crippen molar-refractivity contribution in [2.45, 2.75) is 43.2 Å². The summed E-state index contributed by atoms with van der Waals surface area (Å²) < 4.78 is 26.9. The molecule has 0 bridgehead atoms. The number of nitrogens with one attached hydrogen (secondary N) is 2. The third kappa shape index (κ3) is 3.52. The van der Waals surface area contributed by atoms with Crippen molar-refractivity contribution in [1.29, 1.82) is 0 Å². The summed E-state index contributed by atoms with van der Waals surface area (Å²) in [6.07, 6.45) is 7.87. The molecule has 106 valence electrons. The Kier molecular flexibility index (Phi) is 4.54. The fourth-order valence-electron chi connectivity index (χ4n) is 2.47. The van der Waals surface area contributed by atoms with Crippen LogP contribution in [0.15, 0.2) is 17.6 Å². The van der Waals surface area contributed by atoms with Crippen LogP contribution in [-0.2, 0) is 10.0 Å². The minimum Gasteiger partial charge on any atom is -0.392 e. The maximum atomic E-state index is 12.2. The average molecular weight is 302 g/mol. The number of imidazole rings is 1. The maximum absolute atomic E-state index is 12.2. The van der Waals surface area contributed by atoms with Crippen LogP contribution < -0.4 is 10.5 Å². The molecule has 2 rings (SSSR count). The lowest BCUT2D eigenvalue weighted by Gasteiger charge is -2.29. The lowest BCUT2D eigenvalue weighted by molar-refractivity contribution is 0.330. The summed E-state index contributed by atoms with van der Waals surface area (Å²) in [4.78, 5) is 6.50. The molecule has 6 nitrogen and oxygen atoms in total. The molecule has 1 aromatic rings. The molecule has 1 aliphatic rings. The van der Waals surface area contributed by atoms with Crippen molar-refractivity contribution >= 4 is 27.2 Å². The van der Waals surface area contributed by atoms with Crippen molar-refractivity contribution in [3.8, 4) is 0 Å². The molecule has 8 heteroatoms. The number of rotatable bonds is 5. The van der Waals surface area contributed by atoms with E-state index >= 15 is 0 Å². The molecule has 1 saturated carbocycles. The van der Waals surface area contributed by atoms with Gasteiger partial charge in [-0.25, -0.2) is 13.4 Å². The Morgan fingerprint density at radius 1 is 1.47 bits per heavy atom. The smallest absolute Gasteiger partial charge is 0.258 e. The largest absolute Gasteiger partial charge is 0.392 e. The van der Waals surface area contributed by atoms with Crippen LogP contribution in [-0.4, -0.2) is 29.4 Å². The van der Waals surface area contributed by atoms with Crippen LogP contribution in [0, 0.1) is 5.92 Å². The van der Waals surface area contributed by atoms with Crippen molar-refractivity contribution in [2.24, 2.45) is 11.7 Å². The summed E-state index contributed by atoms with van der Waals surface area (Å²) >= 11 is 5.02. The van der Waals surface area contributed by atoms with Crippen LogP contribution in [0.5, 0.6) is 0 Å². The highest BCUT2D eigenvalue weighted by Gasteiger charge is 2.30. The molecule has 4 N–H and O–H groups in total. The standard InChI is InChI=1S/C11H18N4O2S2/c12-11(18)10(8-4-2-1-3-5-8)15-19(16,17)9-6-13-7-14-9/h6-8,10,15H,1-5H2,(H2,12,18)(H,13,14). The summed E-state index contributed by atoms with van der Waals surface area (Å²) in [6.45, 7) is 0. The van der Waals surface area contributed by atoms with Crippen LogP contribution >= 0.6 is 12.2 Å². The van der Waals surface area contributed by atoms with E-state index in [1.54, 1.807) is 0 Å². The van der Waals surface area contributed by atoms with Crippen LogP contribution in [0.4, 0.5) is 0 Å². The summed E-state index contributed by atoms with van der Waals surface area (Å²) in [5.74, 6) is 0.184. The second kappa shape index (κ2) is 5.98. The van der Waals surface area contributed by atoms with Gasteiger partial charge >= 0.3 is 0 Å². The lowest BCUT2D eigenvalue weighted by atomic mass is 9.84. The average Bonchev–Trinajstić information content (AvgIpc) is 2.91. The Balaban J connectivity index is 2.15. The molecule has 1 fully saturated rings. The number of nitrogens with zero attached hydrogens (tertiary/aromatic N) is 1. The Morgan fingerprint density at radius 2 is 2.16 bits per heavy atom. The van der Waals surface area contributed by atoms with E-state index in [0.29, 0.717) is 0 Å². The first-order chi connectivity index (χ1) is 9.00. The second-order valence-electron chi connectivity index (χ2n) is 4.82. The molecule has 1 aromatic heterocycles. The molecule has 0 saturated heterocycles. The normalized spacial score (nSPS) is 19.2. The highest BCUT2D eigenvalue weighted by Crippen LogP contribution is 2.27. The quantitative estimate of drug-likeness (QED) is 0.702. The number of thiocarbonyl (C=S) groups is 1. The topological polar surface area (TPSA) is 101 Å². The molecule has 1 aliphatic carbocycles. The minimum absolute atomic E-state index is 0.0320. The van der Waals surface area contributed by atoms with E-state index in [0.717, 1.165) is 25.7 Å². The van der Waals surface area contributed by atoms with Gasteiger partial charge in [-0.3, -0.25) is 0 Å². The maximum Gasteiger partial charge on any atom is 0.258 e. The van der Waals surface area contributed by atoms with E-state index in [1.165, 1.54) is 18.9 Å². The molecule has 1 heterocycles. The molecular formula is C11H18N4O2S2. The first kappa shape index (κ1) is 14.4. The molecule has 19 heavy (non-hydrogen) atoms. The van der Waals surface area contributed by atoms with Gasteiger partial charge in [-0.15, -0.1) is 0 Å². The Bertz CT molecular complexity index is 521. The number of aromatic nitrogens is 2. The Labute approximate surface area is 118 Å². The van der Waals surface area contributed by atoms with Crippen LogP contribution in [0.1, 0.15) is 32.1 Å². The van der Waals surface area contributed by atoms with Crippen molar-refractivity contribution < 1.29 is 8.42 Å². The van der Waals surface area contributed by atoms with E-state index in [4.69, 9.17) is 18.0 Å². The monoisotopic (exact) mass is 302 g/mol. The predicted molar refractivity (Wildman–Crippen MR) is 76.1 cm³/mol. The summed E-state index contributed by atoms with van der Waals surface area (Å²) in [6, 6.07) is -0.483. The van der Waals surface area contributed by atoms with Gasteiger partial charge in [0.1, 0.15) is 0 Å². The lowest BCUT2D eigenvalue weighted by Crippen LogP contribution is -2.48. The van der Waals surface area contributed by atoms with E-state index in [2.05, 4.69) is 14.7 Å². The van der Waals surface area contributed by atoms with Gasteiger partial charge in [0.05, 0.1) is 23.6 Å². The van der Waals surface area contributed by atoms with E-state index in [1.807, 2.05) is 0 Å². The zero-order valence-electron chi connectivity index (χ0n) is 10.5. The van der Waals surface area contributed by atoms with Gasteiger partial charge in [0.15, 0.2) is 5.03 Å². The number of hydrogen-bond donors (Lipinski definition) is 3. The number of hydrogen-bond acceptors (Lipinski definition) is 4. The van der Waals surface area contributed by atoms with E-state index < -0.39 is 16.1 Å². The van der Waals surface area contributed by atoms with Crippen LogP contribution in [0.25, 0.3) is 0 Å². The van der Waals surface area contributed by atoms with E-state index in [-0.39, 0.29) is 15.9 Å². The molecule has 0 radical (unpaired) electrons. The molecular weight excluding hydrogens is 284 g/mol. The molecule has 0 aliphatic heterocycles. The van der Waals surface area contributed by atoms with E-state index in [9.17, 15) is 8.42 Å². The van der Waals surface area contributed by atoms with Crippen LogP contribution in [0.3, 0.4) is 0 Å². The van der Waals surface area contributed by atoms with Gasteiger partial charge in [0.2, 0.25) is 0 Å². The number of sulfonamides is 1. The van der Waals surface area contributed by atoms with Gasteiger partial charge < -0.3 is 10.7 Å². The van der Waals surface area contributed by atoms with Crippen LogP contribution in [0.2, 0.25) is 0 Å². The van der Waals surface area contributed by atoms with Gasteiger partial charge in [0.25, 0.3) is 10.0 Å². The Morgan fingerprint density at radius 3 is 2.68 bits per heavy atom. The van der Waals surface area contributed by atoms with Gasteiger partial charge in [-0.2, -0.15) is 4.72 Å². The highest BCUT2D eigenvalue weighted by molar-refractivity contribution is 7.89.